The Morgan fingerprint density at radius 2 is 1.62 bits per heavy atom. The van der Waals surface area contributed by atoms with E-state index in [1.54, 1.807) is 31.7 Å². The van der Waals surface area contributed by atoms with Gasteiger partial charge < -0.3 is 20.3 Å². The lowest BCUT2D eigenvalue weighted by Gasteiger charge is -2.34. The van der Waals surface area contributed by atoms with E-state index in [1.165, 1.54) is 0 Å². The Bertz CT molecular complexity index is 1150. The largest absolute Gasteiger partial charge is 0.444 e. The van der Waals surface area contributed by atoms with Gasteiger partial charge in [-0.1, -0.05) is 94.0 Å². The summed E-state index contributed by atoms with van der Waals surface area (Å²) in [6, 6.07) is 11.2. The van der Waals surface area contributed by atoms with Gasteiger partial charge in [-0.15, -0.1) is 0 Å². The van der Waals surface area contributed by atoms with Crippen LogP contribution in [0.15, 0.2) is 42.5 Å². The average molecular weight is 618 g/mol. The number of halogens is 1. The first-order valence-corrected chi connectivity index (χ1v) is 16.0. The Hall–Kier alpha value is -2.71. The van der Waals surface area contributed by atoms with E-state index in [-0.39, 0.29) is 11.7 Å². The number of carbonyl (C=O) groups is 3. The van der Waals surface area contributed by atoms with Crippen LogP contribution < -0.4 is 10.6 Å². The van der Waals surface area contributed by atoms with Gasteiger partial charge in [0, 0.05) is 12.3 Å². The summed E-state index contributed by atoms with van der Waals surface area (Å²) in [6.07, 6.45) is 6.23. The number of alkyl carbamates (subject to hydrolysis) is 1. The molecule has 0 bridgehead atoms. The van der Waals surface area contributed by atoms with Crippen LogP contribution in [-0.4, -0.2) is 46.7 Å². The fourth-order valence-electron chi connectivity index (χ4n) is 4.65. The van der Waals surface area contributed by atoms with E-state index in [0.29, 0.717) is 29.2 Å². The van der Waals surface area contributed by atoms with Crippen LogP contribution in [0.2, 0.25) is 5.02 Å². The molecular weight excluding hydrogens is 570 g/mol. The molecule has 0 saturated carbocycles. The maximum absolute atomic E-state index is 14.2. The number of ether oxygens (including phenoxy) is 1. The van der Waals surface area contributed by atoms with Gasteiger partial charge in [0.2, 0.25) is 5.91 Å². The van der Waals surface area contributed by atoms with Crippen LogP contribution in [0, 0.1) is 6.92 Å². The number of anilines is 1. The fraction of sp³-hybridized carbons (Fsp3) is 0.545. The Kier molecular flexibility index (Phi) is 14.7. The minimum Gasteiger partial charge on any atom is -0.444 e. The van der Waals surface area contributed by atoms with Gasteiger partial charge in [0.25, 0.3) is 5.91 Å². The summed E-state index contributed by atoms with van der Waals surface area (Å²) in [5, 5.41) is 6.08. The zero-order chi connectivity index (χ0) is 31.3. The lowest BCUT2D eigenvalue weighted by Crippen LogP contribution is -2.53. The molecule has 2 N–H and O–H groups in total. The van der Waals surface area contributed by atoms with E-state index in [1.807, 2.05) is 43.3 Å². The molecule has 0 fully saturated rings. The molecular formula is C33H48ClN3O4S. The number of nitrogens with zero attached hydrogens (tertiary/aromatic N) is 1. The van der Waals surface area contributed by atoms with Gasteiger partial charge in [-0.2, -0.15) is 12.6 Å². The first-order chi connectivity index (χ1) is 19.9. The second-order valence-corrected chi connectivity index (χ2v) is 12.4. The molecule has 42 heavy (non-hydrogen) atoms. The van der Waals surface area contributed by atoms with Crippen LogP contribution in [0.1, 0.15) is 95.9 Å². The summed E-state index contributed by atoms with van der Waals surface area (Å²) in [5.41, 5.74) is 2.37. The molecule has 0 heterocycles. The van der Waals surface area contributed by atoms with Crippen molar-refractivity contribution in [1.29, 1.82) is 0 Å². The maximum Gasteiger partial charge on any atom is 0.408 e. The predicted octanol–water partition coefficient (Wildman–Crippen LogP) is 7.90. The lowest BCUT2D eigenvalue weighted by atomic mass is 9.99. The van der Waals surface area contributed by atoms with E-state index < -0.39 is 29.7 Å². The van der Waals surface area contributed by atoms with E-state index in [2.05, 4.69) is 37.1 Å². The molecule has 0 aromatic heterocycles. The van der Waals surface area contributed by atoms with Gasteiger partial charge >= 0.3 is 6.09 Å². The highest BCUT2D eigenvalue weighted by Crippen LogP contribution is 2.30. The smallest absolute Gasteiger partial charge is 0.408 e. The topological polar surface area (TPSA) is 87.7 Å². The van der Waals surface area contributed by atoms with E-state index >= 15 is 0 Å². The van der Waals surface area contributed by atoms with Crippen molar-refractivity contribution in [3.63, 3.8) is 0 Å². The Labute approximate surface area is 262 Å². The highest BCUT2D eigenvalue weighted by molar-refractivity contribution is 7.80. The molecule has 2 atom stereocenters. The lowest BCUT2D eigenvalue weighted by molar-refractivity contribution is -0.140. The number of benzene rings is 2. The molecule has 0 saturated heterocycles. The minimum atomic E-state index is -0.990. The maximum atomic E-state index is 14.2. The third-order valence-electron chi connectivity index (χ3n) is 6.94. The van der Waals surface area contributed by atoms with Crippen LogP contribution in [0.4, 0.5) is 10.5 Å². The number of nitrogens with one attached hydrogen (secondary N) is 2. The van der Waals surface area contributed by atoms with Crippen LogP contribution in [0.5, 0.6) is 0 Å². The fourth-order valence-corrected chi connectivity index (χ4v) is 5.17. The van der Waals surface area contributed by atoms with Gasteiger partial charge in [0.05, 0.1) is 10.7 Å². The molecule has 0 aliphatic carbocycles. The molecule has 2 aromatic carbocycles. The molecule has 2 unspecified atom stereocenters. The minimum absolute atomic E-state index is 0.0395. The van der Waals surface area contributed by atoms with Crippen molar-refractivity contribution in [3.8, 4) is 0 Å². The van der Waals surface area contributed by atoms with Crippen molar-refractivity contribution >= 4 is 47.8 Å². The quantitative estimate of drug-likeness (QED) is 0.140. The number of amides is 3. The van der Waals surface area contributed by atoms with E-state index in [9.17, 15) is 14.4 Å². The molecule has 9 heteroatoms. The first-order valence-electron chi connectivity index (χ1n) is 15.0. The summed E-state index contributed by atoms with van der Waals surface area (Å²) in [4.78, 5) is 42.5. The Morgan fingerprint density at radius 3 is 2.19 bits per heavy atom. The number of thiol groups is 1. The summed E-state index contributed by atoms with van der Waals surface area (Å²) < 4.78 is 5.41. The Morgan fingerprint density at radius 1 is 0.976 bits per heavy atom. The van der Waals surface area contributed by atoms with Gasteiger partial charge in [-0.25, -0.2) is 4.79 Å². The van der Waals surface area contributed by atoms with Crippen LogP contribution in [-0.2, 0) is 20.7 Å². The molecule has 7 nitrogen and oxygen atoms in total. The Balaban J connectivity index is 2.50. The monoisotopic (exact) mass is 617 g/mol. The number of para-hydroxylation sites is 1. The molecule has 232 valence electrons. The number of aryl methyl sites for hydroxylation is 2. The van der Waals surface area contributed by atoms with Crippen molar-refractivity contribution in [3.05, 3.63) is 64.2 Å². The molecule has 0 spiro atoms. The SMILES string of the molecule is CCCCCCCCN(C(=O)C(CS)NC(=O)OC(C)(C)C)C(C(=O)Nc1c(C)cccc1Cl)c1ccc(CC)cc1. The summed E-state index contributed by atoms with van der Waals surface area (Å²) >= 11 is 10.9. The van der Waals surface area contributed by atoms with Crippen LogP contribution >= 0.6 is 24.2 Å². The number of hydrogen-bond donors (Lipinski definition) is 3. The van der Waals surface area contributed by atoms with Crippen molar-refractivity contribution in [1.82, 2.24) is 10.2 Å². The molecule has 0 aliphatic rings. The standard InChI is InChI=1S/C33H48ClN3O4S/c1-7-9-10-11-12-13-21-37(31(39)27(22-42)35-32(40)41-33(4,5)6)29(25-19-17-24(8-2)18-20-25)30(38)36-28-23(3)15-14-16-26(28)34/h14-20,27,29,42H,7-13,21-22H2,1-6H3,(H,35,40)(H,36,38). The second-order valence-electron chi connectivity index (χ2n) is 11.6. The number of rotatable bonds is 15. The molecule has 0 aliphatic heterocycles. The molecule has 3 amide bonds. The predicted molar refractivity (Wildman–Crippen MR) is 175 cm³/mol. The summed E-state index contributed by atoms with van der Waals surface area (Å²) in [6.45, 7) is 11.7. The van der Waals surface area contributed by atoms with Gasteiger partial charge in [0.1, 0.15) is 17.7 Å². The van der Waals surface area contributed by atoms with Crippen molar-refractivity contribution in [2.75, 3.05) is 17.6 Å². The van der Waals surface area contributed by atoms with E-state index in [4.69, 9.17) is 16.3 Å². The normalized spacial score (nSPS) is 12.8. The van der Waals surface area contributed by atoms with Gasteiger partial charge in [-0.3, -0.25) is 9.59 Å². The van der Waals surface area contributed by atoms with Gasteiger partial charge in [-0.05, 0) is 63.3 Å². The number of carbonyl (C=O) groups excluding carboxylic acids is 3. The van der Waals surface area contributed by atoms with Crippen molar-refractivity contribution < 1.29 is 19.1 Å². The second kappa shape index (κ2) is 17.4. The molecule has 0 radical (unpaired) electrons. The first kappa shape index (κ1) is 35.5. The van der Waals surface area contributed by atoms with E-state index in [0.717, 1.165) is 49.7 Å². The number of unbranched alkanes of at least 4 members (excludes halogenated alkanes) is 5. The zero-order valence-corrected chi connectivity index (χ0v) is 27.6. The van der Waals surface area contributed by atoms with Gasteiger partial charge in [0.15, 0.2) is 0 Å². The zero-order valence-electron chi connectivity index (χ0n) is 26.0. The highest BCUT2D eigenvalue weighted by Gasteiger charge is 2.36. The average Bonchev–Trinajstić information content (AvgIpc) is 2.93. The highest BCUT2D eigenvalue weighted by atomic mass is 35.5. The molecule has 2 rings (SSSR count). The molecule has 2 aromatic rings. The van der Waals surface area contributed by atoms with Crippen LogP contribution in [0.25, 0.3) is 0 Å². The summed E-state index contributed by atoms with van der Waals surface area (Å²) in [5.74, 6) is -0.748. The third-order valence-corrected chi connectivity index (χ3v) is 7.62. The van der Waals surface area contributed by atoms with Crippen molar-refractivity contribution in [2.24, 2.45) is 0 Å². The summed E-state index contributed by atoms with van der Waals surface area (Å²) in [7, 11) is 0. The number of hydrogen-bond acceptors (Lipinski definition) is 5. The van der Waals surface area contributed by atoms with Crippen LogP contribution in [0.3, 0.4) is 0 Å². The third kappa shape index (κ3) is 11.2. The van der Waals surface area contributed by atoms with Crippen molar-refractivity contribution in [2.45, 2.75) is 104 Å².